The molecule has 0 atom stereocenters. The van der Waals surface area contributed by atoms with Gasteiger partial charge in [-0.05, 0) is 19.6 Å². The Kier molecular flexibility index (Phi) is 7.45. The van der Waals surface area contributed by atoms with Crippen LogP contribution in [0.3, 0.4) is 0 Å². The first-order valence-corrected chi connectivity index (χ1v) is 11.8. The minimum absolute atomic E-state index is 0.0911. The fourth-order valence-electron chi connectivity index (χ4n) is 4.82. The molecule has 2 fully saturated rings. The van der Waals surface area contributed by atoms with Gasteiger partial charge in [0.25, 0.3) is 11.7 Å². The average Bonchev–Trinajstić information content (AvgIpc) is 3.36. The number of carbonyl (C=O) groups is 3. The number of hydrogen-bond donors (Lipinski definition) is 2. The Bertz CT molecular complexity index is 1140. The van der Waals surface area contributed by atoms with Crippen molar-refractivity contribution in [2.75, 3.05) is 38.3 Å². The van der Waals surface area contributed by atoms with Crippen LogP contribution in [-0.4, -0.2) is 77.4 Å². The number of Topliss-reactive ketones (excluding diaryl/α,β-unsaturated/α-hetero) is 1. The Morgan fingerprint density at radius 2 is 1.89 bits per heavy atom. The number of nitrogens with zero attached hydrogens (tertiary/aromatic N) is 5. The predicted octanol–water partition coefficient (Wildman–Crippen LogP) is 1.86. The molecule has 2 amide bonds. The lowest BCUT2D eigenvalue weighted by Crippen LogP contribution is -2.53. The second-order valence-corrected chi connectivity index (χ2v) is 8.77. The number of ketones is 1. The van der Waals surface area contributed by atoms with Crippen molar-refractivity contribution in [3.8, 4) is 5.75 Å². The quantitative estimate of drug-likeness (QED) is 0.202. The number of anilines is 1. The zero-order valence-electron chi connectivity index (χ0n) is 19.9. The van der Waals surface area contributed by atoms with Crippen LogP contribution in [0.15, 0.2) is 29.8 Å². The zero-order valence-corrected chi connectivity index (χ0v) is 19.9. The summed E-state index contributed by atoms with van der Waals surface area (Å²) < 4.78 is 5.41. The van der Waals surface area contributed by atoms with Crippen molar-refractivity contribution in [3.05, 3.63) is 30.4 Å². The van der Waals surface area contributed by atoms with E-state index in [4.69, 9.17) is 10.6 Å². The van der Waals surface area contributed by atoms with Gasteiger partial charge in [0.2, 0.25) is 5.91 Å². The molecule has 0 spiro atoms. The number of pyridine rings is 1. The van der Waals surface area contributed by atoms with Crippen molar-refractivity contribution in [1.29, 1.82) is 0 Å². The summed E-state index contributed by atoms with van der Waals surface area (Å²) in [4.78, 5) is 53.4. The van der Waals surface area contributed by atoms with Gasteiger partial charge in [0, 0.05) is 50.7 Å². The summed E-state index contributed by atoms with van der Waals surface area (Å²) >= 11 is 0. The molecular weight excluding hydrogens is 450 g/mol. The molecular formula is C24H31N7O4. The summed E-state index contributed by atoms with van der Waals surface area (Å²) in [5.74, 6) is 5.69. The highest BCUT2D eigenvalue weighted by molar-refractivity contribution is 6.45. The number of amides is 2. The third kappa shape index (κ3) is 4.90. The first kappa shape index (κ1) is 24.4. The van der Waals surface area contributed by atoms with E-state index in [0.29, 0.717) is 48.6 Å². The van der Waals surface area contributed by atoms with Gasteiger partial charge >= 0.3 is 0 Å². The molecule has 11 nitrogen and oxygen atoms in total. The summed E-state index contributed by atoms with van der Waals surface area (Å²) in [6, 6.07) is 0. The van der Waals surface area contributed by atoms with Gasteiger partial charge in [0.05, 0.1) is 29.8 Å². The number of ether oxygens (including phenoxy) is 1. The number of aromatic amines is 1. The standard InChI is InChI=1S/C24H31N7O4/c1-26-8-9-31(25)22-20-19(18(35-2)15-28-22)17(14-27-20)21(32)24(34)30-12-10-29(11-13-30)23(33)16-6-4-3-5-7-16/h8-9,14-16,27H,1,3-7,10-13,25H2,2H3/b9-8-. The molecule has 3 N–H and O–H groups in total. The molecule has 1 aliphatic heterocycles. The van der Waals surface area contributed by atoms with Gasteiger partial charge < -0.3 is 19.5 Å². The van der Waals surface area contributed by atoms with Gasteiger partial charge in [-0.25, -0.2) is 10.8 Å². The van der Waals surface area contributed by atoms with Crippen molar-refractivity contribution in [2.24, 2.45) is 16.8 Å². The van der Waals surface area contributed by atoms with Crippen LogP contribution in [0.4, 0.5) is 5.82 Å². The van der Waals surface area contributed by atoms with E-state index in [1.165, 1.54) is 48.2 Å². The number of piperazine rings is 1. The van der Waals surface area contributed by atoms with E-state index in [9.17, 15) is 14.4 Å². The molecule has 0 radical (unpaired) electrons. The molecule has 1 aliphatic carbocycles. The Labute approximate surface area is 203 Å². The maximum absolute atomic E-state index is 13.3. The van der Waals surface area contributed by atoms with Crippen molar-refractivity contribution in [1.82, 2.24) is 19.8 Å². The zero-order chi connectivity index (χ0) is 24.9. The van der Waals surface area contributed by atoms with Gasteiger partial charge in [-0.15, -0.1) is 0 Å². The lowest BCUT2D eigenvalue weighted by molar-refractivity contribution is -0.141. The lowest BCUT2D eigenvalue weighted by Gasteiger charge is -2.36. The summed E-state index contributed by atoms with van der Waals surface area (Å²) in [5, 5.41) is 1.64. The highest BCUT2D eigenvalue weighted by atomic mass is 16.5. The van der Waals surface area contributed by atoms with Crippen LogP contribution in [0, 0.1) is 5.92 Å². The normalized spacial score (nSPS) is 17.1. The summed E-state index contributed by atoms with van der Waals surface area (Å²) in [7, 11) is 1.46. The minimum Gasteiger partial charge on any atom is -0.494 e. The Hall–Kier alpha value is -3.73. The van der Waals surface area contributed by atoms with Crippen LogP contribution in [0.25, 0.3) is 10.9 Å². The molecule has 186 valence electrons. The predicted molar refractivity (Wildman–Crippen MR) is 132 cm³/mol. The fourth-order valence-corrected chi connectivity index (χ4v) is 4.82. The number of rotatable bonds is 7. The van der Waals surface area contributed by atoms with Crippen LogP contribution in [0.5, 0.6) is 5.75 Å². The van der Waals surface area contributed by atoms with E-state index >= 15 is 0 Å². The Morgan fingerprint density at radius 1 is 1.20 bits per heavy atom. The molecule has 1 saturated carbocycles. The second kappa shape index (κ2) is 10.7. The number of aliphatic imine (C=N–C) groups is 1. The van der Waals surface area contributed by atoms with E-state index in [0.717, 1.165) is 25.7 Å². The van der Waals surface area contributed by atoms with Gasteiger partial charge in [-0.3, -0.25) is 24.4 Å². The van der Waals surface area contributed by atoms with Crippen LogP contribution in [0.2, 0.25) is 0 Å². The SMILES string of the molecule is C=N/C=C\N(N)c1ncc(OC)c2c(C(=O)C(=O)N3CCN(C(=O)C4CCCCC4)CC3)c[nH]c12. The van der Waals surface area contributed by atoms with E-state index < -0.39 is 11.7 Å². The van der Waals surface area contributed by atoms with E-state index in [-0.39, 0.29) is 17.4 Å². The molecule has 2 aromatic heterocycles. The number of carbonyl (C=O) groups excluding carboxylic acids is 3. The maximum atomic E-state index is 13.3. The van der Waals surface area contributed by atoms with Crippen molar-refractivity contribution in [2.45, 2.75) is 32.1 Å². The van der Waals surface area contributed by atoms with Gasteiger partial charge in [-0.1, -0.05) is 19.3 Å². The van der Waals surface area contributed by atoms with Gasteiger partial charge in [0.15, 0.2) is 5.82 Å². The van der Waals surface area contributed by atoms with Crippen LogP contribution < -0.4 is 15.6 Å². The molecule has 11 heteroatoms. The first-order valence-electron chi connectivity index (χ1n) is 11.8. The second-order valence-electron chi connectivity index (χ2n) is 8.77. The summed E-state index contributed by atoms with van der Waals surface area (Å²) in [5.41, 5.74) is 0.616. The molecule has 35 heavy (non-hydrogen) atoms. The number of fused-ring (bicyclic) bond motifs is 1. The number of nitrogens with two attached hydrogens (primary N) is 1. The molecule has 0 aromatic carbocycles. The summed E-state index contributed by atoms with van der Waals surface area (Å²) in [6.07, 6.45) is 11.0. The Balaban J connectivity index is 1.50. The molecule has 3 heterocycles. The molecule has 0 unspecified atom stereocenters. The van der Waals surface area contributed by atoms with Crippen molar-refractivity contribution >= 4 is 41.0 Å². The third-order valence-corrected chi connectivity index (χ3v) is 6.72. The number of methoxy groups -OCH3 is 1. The minimum atomic E-state index is -0.661. The van der Waals surface area contributed by atoms with Crippen LogP contribution in [-0.2, 0) is 9.59 Å². The Morgan fingerprint density at radius 3 is 2.54 bits per heavy atom. The molecule has 1 saturated heterocycles. The molecule has 2 aliphatic rings. The smallest absolute Gasteiger partial charge is 0.295 e. The van der Waals surface area contributed by atoms with Gasteiger partial charge in [-0.2, -0.15) is 0 Å². The number of hydrazine groups is 1. The summed E-state index contributed by atoms with van der Waals surface area (Å²) in [6.45, 7) is 4.89. The topological polar surface area (TPSA) is 137 Å². The van der Waals surface area contributed by atoms with Crippen molar-refractivity contribution in [3.63, 3.8) is 0 Å². The first-order chi connectivity index (χ1) is 17.0. The van der Waals surface area contributed by atoms with Crippen molar-refractivity contribution < 1.29 is 19.1 Å². The largest absolute Gasteiger partial charge is 0.494 e. The van der Waals surface area contributed by atoms with E-state index in [1.807, 2.05) is 4.90 Å². The number of nitrogens with one attached hydrogen (secondary N) is 1. The van der Waals surface area contributed by atoms with E-state index in [2.05, 4.69) is 21.7 Å². The third-order valence-electron chi connectivity index (χ3n) is 6.72. The number of aromatic nitrogens is 2. The maximum Gasteiger partial charge on any atom is 0.295 e. The monoisotopic (exact) mass is 481 g/mol. The number of hydrogen-bond acceptors (Lipinski definition) is 8. The lowest BCUT2D eigenvalue weighted by atomic mass is 9.88. The highest BCUT2D eigenvalue weighted by Crippen LogP contribution is 2.34. The van der Waals surface area contributed by atoms with E-state index in [1.54, 1.807) is 0 Å². The van der Waals surface area contributed by atoms with Gasteiger partial charge in [0.1, 0.15) is 5.75 Å². The van der Waals surface area contributed by atoms with Crippen LogP contribution in [0.1, 0.15) is 42.5 Å². The number of H-pyrrole nitrogens is 1. The van der Waals surface area contributed by atoms with Crippen LogP contribution >= 0.6 is 0 Å². The molecule has 2 aromatic rings. The highest BCUT2D eigenvalue weighted by Gasteiger charge is 2.33. The molecule has 4 rings (SSSR count). The molecule has 0 bridgehead atoms. The fraction of sp³-hybridized carbons (Fsp3) is 0.458. The average molecular weight is 482 g/mol.